The lowest BCUT2D eigenvalue weighted by Gasteiger charge is -2.11. The summed E-state index contributed by atoms with van der Waals surface area (Å²) in [6.45, 7) is 4.49. The normalized spacial score (nSPS) is 10.8. The van der Waals surface area contributed by atoms with Crippen molar-refractivity contribution in [2.24, 2.45) is 0 Å². The van der Waals surface area contributed by atoms with Gasteiger partial charge in [0.15, 0.2) is 11.0 Å². The molecule has 4 aromatic rings. The number of rotatable bonds is 8. The van der Waals surface area contributed by atoms with Gasteiger partial charge in [-0.25, -0.2) is 0 Å². The van der Waals surface area contributed by atoms with Crippen molar-refractivity contribution < 1.29 is 9.53 Å². The Hall–Kier alpha value is -3.29. The van der Waals surface area contributed by atoms with Gasteiger partial charge in [0.05, 0.1) is 12.4 Å². The lowest BCUT2D eigenvalue weighted by Crippen LogP contribution is -2.14. The lowest BCUT2D eigenvalue weighted by molar-refractivity contribution is -0.113. The van der Waals surface area contributed by atoms with Gasteiger partial charge >= 0.3 is 0 Å². The molecular weight excluding hydrogens is 456 g/mol. The van der Waals surface area contributed by atoms with E-state index in [1.54, 1.807) is 0 Å². The highest BCUT2D eigenvalue weighted by molar-refractivity contribution is 7.99. The van der Waals surface area contributed by atoms with Crippen molar-refractivity contribution in [1.82, 2.24) is 14.8 Å². The van der Waals surface area contributed by atoms with Gasteiger partial charge in [0.2, 0.25) is 5.91 Å². The van der Waals surface area contributed by atoms with Crippen molar-refractivity contribution in [3.63, 3.8) is 0 Å². The molecule has 0 spiro atoms. The molecule has 8 heteroatoms. The Morgan fingerprint density at radius 2 is 1.82 bits per heavy atom. The van der Waals surface area contributed by atoms with E-state index in [1.165, 1.54) is 11.8 Å². The second-order valence-corrected chi connectivity index (χ2v) is 8.59. The molecule has 1 amide bonds. The summed E-state index contributed by atoms with van der Waals surface area (Å²) in [4.78, 5) is 12.6. The summed E-state index contributed by atoms with van der Waals surface area (Å²) in [6, 6.07) is 22.9. The van der Waals surface area contributed by atoms with Gasteiger partial charge in [-0.2, -0.15) is 0 Å². The van der Waals surface area contributed by atoms with Crippen LogP contribution in [-0.4, -0.2) is 33.0 Å². The van der Waals surface area contributed by atoms with Crippen LogP contribution in [0.4, 0.5) is 5.69 Å². The number of ether oxygens (including phenoxy) is 1. The number of hydrogen-bond acceptors (Lipinski definition) is 5. The van der Waals surface area contributed by atoms with Gasteiger partial charge < -0.3 is 10.1 Å². The molecule has 0 bridgehead atoms. The largest absolute Gasteiger partial charge is 0.494 e. The third kappa shape index (κ3) is 5.56. The van der Waals surface area contributed by atoms with Gasteiger partial charge in [0.1, 0.15) is 5.75 Å². The summed E-state index contributed by atoms with van der Waals surface area (Å²) in [7, 11) is 0. The monoisotopic (exact) mass is 478 g/mol. The lowest BCUT2D eigenvalue weighted by atomic mass is 10.1. The van der Waals surface area contributed by atoms with Gasteiger partial charge in [-0.05, 0) is 61.9 Å². The van der Waals surface area contributed by atoms with Crippen LogP contribution in [0.25, 0.3) is 17.1 Å². The zero-order valence-electron chi connectivity index (χ0n) is 18.3. The van der Waals surface area contributed by atoms with Gasteiger partial charge in [0, 0.05) is 22.0 Å². The number of anilines is 1. The van der Waals surface area contributed by atoms with Crippen LogP contribution in [0.15, 0.2) is 78.0 Å². The van der Waals surface area contributed by atoms with E-state index in [0.717, 1.165) is 22.6 Å². The van der Waals surface area contributed by atoms with E-state index in [4.69, 9.17) is 16.3 Å². The highest BCUT2D eigenvalue weighted by Gasteiger charge is 2.18. The highest BCUT2D eigenvalue weighted by Crippen LogP contribution is 2.30. The molecule has 168 valence electrons. The first kappa shape index (κ1) is 22.9. The number of carbonyl (C=O) groups excluding carboxylic acids is 1. The van der Waals surface area contributed by atoms with Crippen molar-refractivity contribution in [2.75, 3.05) is 17.7 Å². The number of thioether (sulfide) groups is 1. The number of halogens is 1. The van der Waals surface area contributed by atoms with Gasteiger partial charge in [-0.15, -0.1) is 10.2 Å². The number of nitrogens with zero attached hydrogens (tertiary/aromatic N) is 3. The average molecular weight is 479 g/mol. The van der Waals surface area contributed by atoms with Crippen LogP contribution in [0.2, 0.25) is 5.02 Å². The van der Waals surface area contributed by atoms with Crippen molar-refractivity contribution in [3.05, 3.63) is 83.4 Å². The standard InChI is InChI=1S/C25H23ClN4O2S/c1-3-32-21-13-11-19(12-14-21)27-23(31)16-33-25-29-28-24(18-10-9-17(2)22(26)15-18)30(25)20-7-5-4-6-8-20/h4-15H,3,16H2,1-2H3,(H,27,31). The minimum Gasteiger partial charge on any atom is -0.494 e. The Morgan fingerprint density at radius 3 is 2.52 bits per heavy atom. The predicted octanol–water partition coefficient (Wildman–Crippen LogP) is 6.03. The number of amides is 1. The molecule has 4 rings (SSSR count). The van der Waals surface area contributed by atoms with Crippen molar-refractivity contribution in [2.45, 2.75) is 19.0 Å². The Kier molecular flexibility index (Phi) is 7.32. The number of carbonyl (C=O) groups is 1. The number of hydrogen-bond donors (Lipinski definition) is 1. The summed E-state index contributed by atoms with van der Waals surface area (Å²) in [6.07, 6.45) is 0. The molecule has 0 atom stereocenters. The molecule has 1 aromatic heterocycles. The molecule has 33 heavy (non-hydrogen) atoms. The molecule has 0 aliphatic rings. The minimum atomic E-state index is -0.133. The molecule has 0 saturated carbocycles. The molecule has 6 nitrogen and oxygen atoms in total. The number of benzene rings is 3. The summed E-state index contributed by atoms with van der Waals surface area (Å²) in [5.41, 5.74) is 3.46. The molecule has 0 fully saturated rings. The van der Waals surface area contributed by atoms with E-state index in [9.17, 15) is 4.79 Å². The topological polar surface area (TPSA) is 69.0 Å². The van der Waals surface area contributed by atoms with Crippen molar-refractivity contribution in [3.8, 4) is 22.8 Å². The number of para-hydroxylation sites is 1. The molecule has 0 saturated heterocycles. The minimum absolute atomic E-state index is 0.133. The summed E-state index contributed by atoms with van der Waals surface area (Å²) >= 11 is 7.68. The predicted molar refractivity (Wildman–Crippen MR) is 134 cm³/mol. The van der Waals surface area contributed by atoms with Crippen LogP contribution in [0, 0.1) is 6.92 Å². The van der Waals surface area contributed by atoms with Crippen LogP contribution in [0.1, 0.15) is 12.5 Å². The first-order valence-corrected chi connectivity index (χ1v) is 11.8. The molecule has 0 aliphatic heterocycles. The van der Waals surface area contributed by atoms with E-state index >= 15 is 0 Å². The van der Waals surface area contributed by atoms with E-state index in [2.05, 4.69) is 15.5 Å². The van der Waals surface area contributed by atoms with Crippen LogP contribution < -0.4 is 10.1 Å². The summed E-state index contributed by atoms with van der Waals surface area (Å²) in [5, 5.41) is 13.0. The van der Waals surface area contributed by atoms with Gasteiger partial charge in [-0.3, -0.25) is 9.36 Å². The van der Waals surface area contributed by atoms with Crippen LogP contribution in [-0.2, 0) is 4.79 Å². The first-order valence-electron chi connectivity index (χ1n) is 10.5. The third-order valence-electron chi connectivity index (χ3n) is 4.86. The second kappa shape index (κ2) is 10.6. The molecule has 1 N–H and O–H groups in total. The zero-order valence-corrected chi connectivity index (χ0v) is 19.9. The number of aryl methyl sites for hydroxylation is 1. The molecule has 0 unspecified atom stereocenters. The molecular formula is C25H23ClN4O2S. The summed E-state index contributed by atoms with van der Waals surface area (Å²) < 4.78 is 7.38. The third-order valence-corrected chi connectivity index (χ3v) is 6.20. The molecule has 0 aliphatic carbocycles. The van der Waals surface area contributed by atoms with E-state index in [0.29, 0.717) is 28.3 Å². The first-order chi connectivity index (χ1) is 16.0. The molecule has 1 heterocycles. The Bertz CT molecular complexity index is 1240. The molecule has 3 aromatic carbocycles. The second-order valence-electron chi connectivity index (χ2n) is 7.24. The maximum atomic E-state index is 12.6. The Morgan fingerprint density at radius 1 is 1.06 bits per heavy atom. The van der Waals surface area contributed by atoms with Crippen LogP contribution >= 0.6 is 23.4 Å². The maximum Gasteiger partial charge on any atom is 0.234 e. The maximum absolute atomic E-state index is 12.6. The van der Waals surface area contributed by atoms with Crippen molar-refractivity contribution in [1.29, 1.82) is 0 Å². The van der Waals surface area contributed by atoms with E-state index in [1.807, 2.05) is 91.2 Å². The Labute approximate surface area is 202 Å². The molecule has 0 radical (unpaired) electrons. The fourth-order valence-electron chi connectivity index (χ4n) is 3.22. The fraction of sp³-hybridized carbons (Fsp3) is 0.160. The summed E-state index contributed by atoms with van der Waals surface area (Å²) in [5.74, 6) is 1.49. The Balaban J connectivity index is 1.54. The SMILES string of the molecule is CCOc1ccc(NC(=O)CSc2nnc(-c3ccc(C)c(Cl)c3)n2-c2ccccc2)cc1. The van der Waals surface area contributed by atoms with Crippen molar-refractivity contribution >= 4 is 35.0 Å². The smallest absolute Gasteiger partial charge is 0.234 e. The van der Waals surface area contributed by atoms with Crippen LogP contribution in [0.3, 0.4) is 0 Å². The number of nitrogens with one attached hydrogen (secondary N) is 1. The van der Waals surface area contributed by atoms with Crippen LogP contribution in [0.5, 0.6) is 5.75 Å². The highest BCUT2D eigenvalue weighted by atomic mass is 35.5. The van der Waals surface area contributed by atoms with Gasteiger partial charge in [0.25, 0.3) is 0 Å². The number of aromatic nitrogens is 3. The van der Waals surface area contributed by atoms with E-state index in [-0.39, 0.29) is 11.7 Å². The van der Waals surface area contributed by atoms with Gasteiger partial charge in [-0.1, -0.05) is 53.7 Å². The fourth-order valence-corrected chi connectivity index (χ4v) is 4.15. The van der Waals surface area contributed by atoms with E-state index < -0.39 is 0 Å². The zero-order chi connectivity index (χ0) is 23.2. The quantitative estimate of drug-likeness (QED) is 0.313. The average Bonchev–Trinajstić information content (AvgIpc) is 3.25.